The topological polar surface area (TPSA) is 34.1 Å². The number of rotatable bonds is 4. The van der Waals surface area contributed by atoms with Crippen molar-refractivity contribution in [1.29, 1.82) is 0 Å². The van der Waals surface area contributed by atoms with E-state index in [2.05, 4.69) is 0 Å². The zero-order valence-corrected chi connectivity index (χ0v) is 13.6. The highest BCUT2D eigenvalue weighted by molar-refractivity contribution is 8.15. The minimum Gasteiger partial charge on any atom is -0.286 e. The van der Waals surface area contributed by atoms with Gasteiger partial charge in [-0.1, -0.05) is 58.9 Å². The Balaban J connectivity index is 1.89. The lowest BCUT2D eigenvalue weighted by atomic mass is 10.2. The Labute approximate surface area is 133 Å². The highest BCUT2D eigenvalue weighted by Crippen LogP contribution is 2.25. The molecule has 0 bridgehead atoms. The maximum absolute atomic E-state index is 11.9. The quantitative estimate of drug-likeness (QED) is 0.608. The number of carbonyl (C=O) groups is 2. The number of carbonyl (C=O) groups excluding carboxylic acids is 2. The van der Waals surface area contributed by atoms with Gasteiger partial charge in [-0.2, -0.15) is 0 Å². The van der Waals surface area contributed by atoms with E-state index in [-0.39, 0.29) is 16.7 Å². The van der Waals surface area contributed by atoms with Crippen LogP contribution in [0.3, 0.4) is 0 Å². The van der Waals surface area contributed by atoms with E-state index in [0.29, 0.717) is 0 Å². The molecule has 0 heterocycles. The molecule has 0 aromatic heterocycles. The van der Waals surface area contributed by atoms with Gasteiger partial charge < -0.3 is 0 Å². The number of hydrogen-bond acceptors (Lipinski definition) is 4. The van der Waals surface area contributed by atoms with E-state index < -0.39 is 0 Å². The minimum atomic E-state index is -0.120. The maximum Gasteiger partial charge on any atom is 0.201 e. The average Bonchev–Trinajstić information content (AvgIpc) is 2.38. The summed E-state index contributed by atoms with van der Waals surface area (Å²) in [6.07, 6.45) is -0.0583. The summed E-state index contributed by atoms with van der Waals surface area (Å²) in [6.45, 7) is 3.96. The summed E-state index contributed by atoms with van der Waals surface area (Å²) in [6, 6.07) is 15.4. The van der Waals surface area contributed by atoms with Crippen molar-refractivity contribution < 1.29 is 9.59 Å². The lowest BCUT2D eigenvalue weighted by molar-refractivity contribution is -0.117. The first-order valence-corrected chi connectivity index (χ1v) is 8.21. The van der Waals surface area contributed by atoms with E-state index >= 15 is 0 Å². The second-order valence-electron chi connectivity index (χ2n) is 4.76. The molecule has 0 fully saturated rings. The summed E-state index contributed by atoms with van der Waals surface area (Å²) in [5.74, 6) is 0. The lowest BCUT2D eigenvalue weighted by Crippen LogP contribution is -2.00. The molecule has 2 nitrogen and oxygen atoms in total. The fraction of sp³-hybridized carbons (Fsp3) is 0.176. The average molecular weight is 316 g/mol. The number of benzene rings is 2. The number of aryl methyl sites for hydroxylation is 2. The fourth-order valence-electron chi connectivity index (χ4n) is 1.81. The molecule has 0 aliphatic heterocycles. The van der Waals surface area contributed by atoms with E-state index in [4.69, 9.17) is 0 Å². The summed E-state index contributed by atoms with van der Waals surface area (Å²) in [5, 5.41) is -0.239. The van der Waals surface area contributed by atoms with Crippen LogP contribution < -0.4 is 0 Å². The van der Waals surface area contributed by atoms with Crippen LogP contribution in [0, 0.1) is 13.8 Å². The summed E-state index contributed by atoms with van der Waals surface area (Å²) >= 11 is 2.25. The SMILES string of the molecule is Cc1cccc(SC(=O)CC(=O)Sc2cccc(C)c2)c1. The van der Waals surface area contributed by atoms with E-state index in [1.54, 1.807) is 0 Å². The molecule has 0 spiro atoms. The predicted molar refractivity (Wildman–Crippen MR) is 88.7 cm³/mol. The van der Waals surface area contributed by atoms with Crippen molar-refractivity contribution in [2.75, 3.05) is 0 Å². The largest absolute Gasteiger partial charge is 0.286 e. The van der Waals surface area contributed by atoms with E-state index in [1.807, 2.05) is 62.4 Å². The van der Waals surface area contributed by atoms with Crippen molar-refractivity contribution in [1.82, 2.24) is 0 Å². The summed E-state index contributed by atoms with van der Waals surface area (Å²) in [4.78, 5) is 25.6. The van der Waals surface area contributed by atoms with Crippen molar-refractivity contribution >= 4 is 33.8 Å². The van der Waals surface area contributed by atoms with Crippen molar-refractivity contribution in [3.63, 3.8) is 0 Å². The molecule has 0 aliphatic carbocycles. The molecule has 0 amide bonds. The molecule has 108 valence electrons. The molecule has 0 unspecified atom stereocenters. The molecule has 0 atom stereocenters. The number of thioether (sulfide) groups is 2. The highest BCUT2D eigenvalue weighted by atomic mass is 32.2. The highest BCUT2D eigenvalue weighted by Gasteiger charge is 2.13. The molecule has 0 aliphatic rings. The first kappa shape index (κ1) is 15.9. The third kappa shape index (κ3) is 5.40. The van der Waals surface area contributed by atoms with Gasteiger partial charge in [0.1, 0.15) is 0 Å². The van der Waals surface area contributed by atoms with E-state index in [1.165, 1.54) is 0 Å². The second-order valence-corrected chi connectivity index (χ2v) is 7.02. The van der Waals surface area contributed by atoms with Crippen LogP contribution in [0.5, 0.6) is 0 Å². The van der Waals surface area contributed by atoms with Gasteiger partial charge in [-0.15, -0.1) is 0 Å². The van der Waals surface area contributed by atoms with Gasteiger partial charge in [-0.3, -0.25) is 9.59 Å². The molecular formula is C17H16O2S2. The first-order valence-electron chi connectivity index (χ1n) is 6.57. The Bertz CT molecular complexity index is 608. The van der Waals surface area contributed by atoms with Crippen LogP contribution in [0.4, 0.5) is 0 Å². The molecule has 0 saturated heterocycles. The van der Waals surface area contributed by atoms with Gasteiger partial charge in [-0.05, 0) is 38.1 Å². The Hall–Kier alpha value is -1.52. The van der Waals surface area contributed by atoms with E-state index in [9.17, 15) is 9.59 Å². The van der Waals surface area contributed by atoms with Crippen LogP contribution in [0.25, 0.3) is 0 Å². The molecule has 4 heteroatoms. The Morgan fingerprint density at radius 1 is 0.810 bits per heavy atom. The van der Waals surface area contributed by atoms with Gasteiger partial charge in [-0.25, -0.2) is 0 Å². The van der Waals surface area contributed by atoms with Gasteiger partial charge >= 0.3 is 0 Å². The molecule has 0 N–H and O–H groups in total. The van der Waals surface area contributed by atoms with Gasteiger partial charge in [0.2, 0.25) is 10.2 Å². The standard InChI is InChI=1S/C17H16O2S2/c1-12-5-3-7-14(9-12)20-16(18)11-17(19)21-15-8-4-6-13(2)10-15/h3-10H,11H2,1-2H3. The third-order valence-corrected chi connectivity index (χ3v) is 4.45. The first-order chi connectivity index (χ1) is 10.0. The lowest BCUT2D eigenvalue weighted by Gasteiger charge is -2.03. The van der Waals surface area contributed by atoms with Crippen molar-refractivity contribution in [2.45, 2.75) is 30.1 Å². The van der Waals surface area contributed by atoms with Gasteiger partial charge in [0.25, 0.3) is 0 Å². The fourth-order valence-corrected chi connectivity index (χ4v) is 3.62. The minimum absolute atomic E-state index is 0.0583. The molecule has 0 saturated carbocycles. The zero-order chi connectivity index (χ0) is 15.2. The van der Waals surface area contributed by atoms with Crippen LogP contribution in [-0.2, 0) is 9.59 Å². The maximum atomic E-state index is 11.9. The number of hydrogen-bond donors (Lipinski definition) is 0. The summed E-state index contributed by atoms with van der Waals surface area (Å²) in [5.41, 5.74) is 2.21. The van der Waals surface area contributed by atoms with Gasteiger partial charge in [0.15, 0.2) is 0 Å². The van der Waals surface area contributed by atoms with Crippen LogP contribution in [0.15, 0.2) is 58.3 Å². The summed E-state index contributed by atoms with van der Waals surface area (Å²) < 4.78 is 0. The monoisotopic (exact) mass is 316 g/mol. The smallest absolute Gasteiger partial charge is 0.201 e. The summed E-state index contributed by atoms with van der Waals surface area (Å²) in [7, 11) is 0. The van der Waals surface area contributed by atoms with Crippen LogP contribution in [0.2, 0.25) is 0 Å². The van der Waals surface area contributed by atoms with E-state index in [0.717, 1.165) is 44.4 Å². The molecule has 0 radical (unpaired) electrons. The molecular weight excluding hydrogens is 300 g/mol. The van der Waals surface area contributed by atoms with Crippen LogP contribution >= 0.6 is 23.5 Å². The molecule has 2 aromatic carbocycles. The molecule has 2 rings (SSSR count). The normalized spacial score (nSPS) is 10.4. The van der Waals surface area contributed by atoms with Crippen LogP contribution in [-0.4, -0.2) is 10.2 Å². The van der Waals surface area contributed by atoms with Crippen molar-refractivity contribution in [3.8, 4) is 0 Å². The Morgan fingerprint density at radius 2 is 1.24 bits per heavy atom. The third-order valence-electron chi connectivity index (χ3n) is 2.73. The van der Waals surface area contributed by atoms with Crippen LogP contribution in [0.1, 0.15) is 17.5 Å². The Kier molecular flexibility index (Phi) is 5.65. The molecule has 21 heavy (non-hydrogen) atoms. The van der Waals surface area contributed by atoms with Gasteiger partial charge in [0, 0.05) is 9.79 Å². The second kappa shape index (κ2) is 7.48. The van der Waals surface area contributed by atoms with Gasteiger partial charge in [0.05, 0.1) is 6.42 Å². The zero-order valence-electron chi connectivity index (χ0n) is 12.0. The Morgan fingerprint density at radius 3 is 1.62 bits per heavy atom. The molecule has 2 aromatic rings. The predicted octanol–water partition coefficient (Wildman–Crippen LogP) is 4.63. The van der Waals surface area contributed by atoms with Crippen molar-refractivity contribution in [2.24, 2.45) is 0 Å². The van der Waals surface area contributed by atoms with Crippen molar-refractivity contribution in [3.05, 3.63) is 59.7 Å².